The summed E-state index contributed by atoms with van der Waals surface area (Å²) in [5.41, 5.74) is 0.724. The van der Waals surface area contributed by atoms with Crippen LogP contribution in [0, 0.1) is 0 Å². The van der Waals surface area contributed by atoms with E-state index in [9.17, 15) is 14.7 Å². The van der Waals surface area contributed by atoms with Crippen molar-refractivity contribution in [2.75, 3.05) is 13.7 Å². The minimum Gasteiger partial charge on any atom is -0.548 e. The fourth-order valence-electron chi connectivity index (χ4n) is 2.40. The molecule has 1 atom stereocenters. The van der Waals surface area contributed by atoms with E-state index in [1.165, 1.54) is 7.11 Å². The van der Waals surface area contributed by atoms with Gasteiger partial charge in [0.15, 0.2) is 11.5 Å². The van der Waals surface area contributed by atoms with Crippen molar-refractivity contribution in [1.29, 1.82) is 0 Å². The first kappa shape index (κ1) is 19.3. The van der Waals surface area contributed by atoms with Crippen LogP contribution in [-0.4, -0.2) is 40.9 Å². The second kappa shape index (κ2) is 8.35. The molecule has 1 aromatic rings. The van der Waals surface area contributed by atoms with Gasteiger partial charge in [-0.3, -0.25) is 9.69 Å². The van der Waals surface area contributed by atoms with Crippen LogP contribution in [0.4, 0.5) is 0 Å². The molecule has 25 heavy (non-hydrogen) atoms. The SMILES string of the molecule is CCOc1ccc(/C=C2\SC(=S)N([C@H](CC)C(=O)[O-])C2=O)cc1OC. The number of amides is 1. The molecule has 0 saturated carbocycles. The number of carbonyl (C=O) groups is 2. The summed E-state index contributed by atoms with van der Waals surface area (Å²) in [5, 5.41) is 11.2. The molecule has 0 aromatic heterocycles. The molecule has 0 radical (unpaired) electrons. The zero-order valence-electron chi connectivity index (χ0n) is 14.1. The van der Waals surface area contributed by atoms with Crippen LogP contribution in [0.1, 0.15) is 25.8 Å². The molecule has 134 valence electrons. The number of thiocarbonyl (C=S) groups is 1. The summed E-state index contributed by atoms with van der Waals surface area (Å²) >= 11 is 6.24. The number of carboxylic acid groups (broad SMARTS) is 1. The lowest BCUT2D eigenvalue weighted by molar-refractivity contribution is -0.310. The maximum atomic E-state index is 12.6. The van der Waals surface area contributed by atoms with E-state index in [0.29, 0.717) is 23.0 Å². The summed E-state index contributed by atoms with van der Waals surface area (Å²) in [4.78, 5) is 25.2. The standard InChI is InChI=1S/C17H19NO5S2/c1-4-11(16(20)21)18-15(19)14(25-17(18)24)9-10-6-7-12(23-5-2)13(8-10)22-3/h6-9,11H,4-5H2,1-3H3,(H,20,21)/p-1/b14-9-/t11-/m1/s1. The van der Waals surface area contributed by atoms with E-state index in [0.717, 1.165) is 22.2 Å². The van der Waals surface area contributed by atoms with Gasteiger partial charge in [0, 0.05) is 0 Å². The Bertz CT molecular complexity index is 732. The summed E-state index contributed by atoms with van der Waals surface area (Å²) in [6.45, 7) is 4.05. The third-order valence-corrected chi connectivity index (χ3v) is 4.91. The zero-order valence-corrected chi connectivity index (χ0v) is 15.7. The Morgan fingerprint density at radius 3 is 2.68 bits per heavy atom. The van der Waals surface area contributed by atoms with Crippen LogP contribution in [0.5, 0.6) is 11.5 Å². The van der Waals surface area contributed by atoms with Gasteiger partial charge in [-0.1, -0.05) is 37.0 Å². The molecule has 0 N–H and O–H groups in total. The molecular formula is C17H18NO5S2-. The van der Waals surface area contributed by atoms with Crippen LogP contribution in [0.15, 0.2) is 23.1 Å². The van der Waals surface area contributed by atoms with Gasteiger partial charge in [0.05, 0.1) is 30.6 Å². The van der Waals surface area contributed by atoms with E-state index in [4.69, 9.17) is 21.7 Å². The number of nitrogens with zero attached hydrogens (tertiary/aromatic N) is 1. The van der Waals surface area contributed by atoms with Gasteiger partial charge in [-0.2, -0.15) is 0 Å². The maximum absolute atomic E-state index is 12.6. The highest BCUT2D eigenvalue weighted by atomic mass is 32.2. The van der Waals surface area contributed by atoms with Gasteiger partial charge >= 0.3 is 0 Å². The molecule has 0 bridgehead atoms. The highest BCUT2D eigenvalue weighted by molar-refractivity contribution is 8.26. The Balaban J connectivity index is 2.31. The number of thioether (sulfide) groups is 1. The average Bonchev–Trinajstić information content (AvgIpc) is 2.84. The van der Waals surface area contributed by atoms with Crippen LogP contribution in [0.3, 0.4) is 0 Å². The van der Waals surface area contributed by atoms with Crippen LogP contribution in [-0.2, 0) is 9.59 Å². The highest BCUT2D eigenvalue weighted by Gasteiger charge is 2.37. The lowest BCUT2D eigenvalue weighted by Gasteiger charge is -2.26. The molecule has 1 heterocycles. The van der Waals surface area contributed by atoms with Crippen molar-refractivity contribution < 1.29 is 24.2 Å². The molecule has 1 aliphatic rings. The number of benzene rings is 1. The van der Waals surface area contributed by atoms with Crippen molar-refractivity contribution in [2.45, 2.75) is 26.3 Å². The van der Waals surface area contributed by atoms with Gasteiger partial charge in [0.2, 0.25) is 0 Å². The minimum atomic E-state index is -1.32. The fourth-order valence-corrected chi connectivity index (χ4v) is 3.76. The first-order valence-corrected chi connectivity index (χ1v) is 8.94. The number of carbonyl (C=O) groups excluding carboxylic acids is 2. The normalized spacial score (nSPS) is 17.1. The lowest BCUT2D eigenvalue weighted by Crippen LogP contribution is -2.49. The van der Waals surface area contributed by atoms with E-state index in [2.05, 4.69) is 0 Å². The Kier molecular flexibility index (Phi) is 6.44. The average molecular weight is 380 g/mol. The van der Waals surface area contributed by atoms with Gasteiger partial charge < -0.3 is 19.4 Å². The fraction of sp³-hybridized carbons (Fsp3) is 0.353. The predicted molar refractivity (Wildman–Crippen MR) is 98.3 cm³/mol. The molecule has 1 aliphatic heterocycles. The van der Waals surface area contributed by atoms with Crippen LogP contribution < -0.4 is 14.6 Å². The van der Waals surface area contributed by atoms with Crippen LogP contribution >= 0.6 is 24.0 Å². The van der Waals surface area contributed by atoms with Crippen molar-refractivity contribution in [3.8, 4) is 11.5 Å². The number of ether oxygens (including phenoxy) is 2. The predicted octanol–water partition coefficient (Wildman–Crippen LogP) is 1.82. The number of hydrogen-bond donors (Lipinski definition) is 0. The molecule has 0 unspecified atom stereocenters. The summed E-state index contributed by atoms with van der Waals surface area (Å²) in [6.07, 6.45) is 1.87. The van der Waals surface area contributed by atoms with Crippen molar-refractivity contribution in [3.63, 3.8) is 0 Å². The van der Waals surface area contributed by atoms with Crippen molar-refractivity contribution in [3.05, 3.63) is 28.7 Å². The molecule has 1 aromatic carbocycles. The monoisotopic (exact) mass is 380 g/mol. The van der Waals surface area contributed by atoms with Gasteiger partial charge in [0.25, 0.3) is 5.91 Å². The van der Waals surface area contributed by atoms with Gasteiger partial charge in [-0.15, -0.1) is 0 Å². The van der Waals surface area contributed by atoms with E-state index in [-0.39, 0.29) is 10.7 Å². The number of hydrogen-bond acceptors (Lipinski definition) is 7. The Hall–Kier alpha value is -2.06. The van der Waals surface area contributed by atoms with Gasteiger partial charge in [0.1, 0.15) is 4.32 Å². The van der Waals surface area contributed by atoms with E-state index in [1.54, 1.807) is 31.2 Å². The van der Waals surface area contributed by atoms with Gasteiger partial charge in [-0.25, -0.2) is 0 Å². The first-order valence-electron chi connectivity index (χ1n) is 7.71. The Morgan fingerprint density at radius 2 is 2.12 bits per heavy atom. The van der Waals surface area contributed by atoms with Crippen LogP contribution in [0.2, 0.25) is 0 Å². The molecular weight excluding hydrogens is 362 g/mol. The highest BCUT2D eigenvalue weighted by Crippen LogP contribution is 2.36. The second-order valence-corrected chi connectivity index (χ2v) is 6.81. The lowest BCUT2D eigenvalue weighted by atomic mass is 10.1. The summed E-state index contributed by atoms with van der Waals surface area (Å²) in [5.74, 6) is -0.591. The third kappa shape index (κ3) is 4.13. The van der Waals surface area contributed by atoms with Gasteiger partial charge in [-0.05, 0) is 37.1 Å². The first-order chi connectivity index (χ1) is 11.9. The Labute approximate surface area is 155 Å². The number of carboxylic acids is 1. The molecule has 1 amide bonds. The third-order valence-electron chi connectivity index (χ3n) is 3.58. The molecule has 8 heteroatoms. The molecule has 6 nitrogen and oxygen atoms in total. The summed E-state index contributed by atoms with van der Waals surface area (Å²) in [6, 6.07) is 4.22. The zero-order chi connectivity index (χ0) is 18.6. The molecule has 0 aliphatic carbocycles. The second-order valence-electron chi connectivity index (χ2n) is 5.14. The van der Waals surface area contributed by atoms with Crippen molar-refractivity contribution in [1.82, 2.24) is 4.90 Å². The molecule has 0 spiro atoms. The quantitative estimate of drug-likeness (QED) is 0.527. The summed E-state index contributed by atoms with van der Waals surface area (Å²) in [7, 11) is 1.53. The van der Waals surface area contributed by atoms with Crippen molar-refractivity contribution in [2.24, 2.45) is 0 Å². The largest absolute Gasteiger partial charge is 0.548 e. The molecule has 1 fully saturated rings. The van der Waals surface area contributed by atoms with E-state index in [1.807, 2.05) is 6.92 Å². The summed E-state index contributed by atoms with van der Waals surface area (Å²) < 4.78 is 11.0. The van der Waals surface area contributed by atoms with E-state index >= 15 is 0 Å². The van der Waals surface area contributed by atoms with Crippen LogP contribution in [0.25, 0.3) is 6.08 Å². The molecule has 1 saturated heterocycles. The van der Waals surface area contributed by atoms with Crippen molar-refractivity contribution >= 4 is 46.3 Å². The number of aliphatic carboxylic acids is 1. The van der Waals surface area contributed by atoms with E-state index < -0.39 is 17.9 Å². The smallest absolute Gasteiger partial charge is 0.266 e. The molecule has 2 rings (SSSR count). The Morgan fingerprint density at radius 1 is 1.40 bits per heavy atom. The number of methoxy groups -OCH3 is 1. The number of rotatable bonds is 7. The topological polar surface area (TPSA) is 78.9 Å². The minimum absolute atomic E-state index is 0.213. The maximum Gasteiger partial charge on any atom is 0.266 e.